The van der Waals surface area contributed by atoms with Gasteiger partial charge < -0.3 is 0 Å². The van der Waals surface area contributed by atoms with E-state index in [-0.39, 0.29) is 98.1 Å². The van der Waals surface area contributed by atoms with E-state index < -0.39 is 7.94 Å². The molecule has 0 bridgehead atoms. The standard InChI is InChI=1S/C4H12BSi2.3Y/c1-6-5-7(2,3)4;;;/h1-4H3;;;. The Morgan fingerprint density at radius 1 is 1.00 bits per heavy atom. The Balaban J connectivity index is -0.0000000600. The molecule has 0 heterocycles. The summed E-state index contributed by atoms with van der Waals surface area (Å²) in [4.78, 5) is 0. The number of hydrogen-bond acceptors (Lipinski definition) is 0. The molecule has 0 N–H and O–H groups in total. The molecule has 0 aromatic heterocycles. The third kappa shape index (κ3) is 22.6. The van der Waals surface area contributed by atoms with Gasteiger partial charge in [-0.15, -0.1) is 0 Å². The van der Waals surface area contributed by atoms with Crippen LogP contribution in [0.4, 0.5) is 0 Å². The Kier molecular flexibility index (Phi) is 30.2. The summed E-state index contributed by atoms with van der Waals surface area (Å²) in [5.74, 6) is 0. The van der Waals surface area contributed by atoms with Crippen LogP contribution in [-0.4, -0.2) is 23.8 Å². The summed E-state index contributed by atoms with van der Waals surface area (Å²) >= 11 is 0. The van der Waals surface area contributed by atoms with Crippen LogP contribution in [0, 0.1) is 0 Å². The van der Waals surface area contributed by atoms with Gasteiger partial charge in [0.2, 0.25) is 0 Å². The fourth-order valence-corrected chi connectivity index (χ4v) is 3.90. The predicted molar refractivity (Wildman–Crippen MR) is 40.7 cm³/mol. The summed E-state index contributed by atoms with van der Waals surface area (Å²) in [5, 5.41) is 0. The molecule has 0 saturated heterocycles. The van der Waals surface area contributed by atoms with E-state index >= 15 is 0 Å². The molecule has 0 aliphatic heterocycles. The van der Waals surface area contributed by atoms with Crippen molar-refractivity contribution in [3.63, 3.8) is 0 Å². The van der Waals surface area contributed by atoms with Crippen molar-refractivity contribution in [2.45, 2.75) is 26.2 Å². The molecule has 0 aliphatic rings. The van der Waals surface area contributed by atoms with Crippen molar-refractivity contribution in [3.8, 4) is 0 Å². The van der Waals surface area contributed by atoms with Crippen LogP contribution in [0.2, 0.25) is 26.2 Å². The van der Waals surface area contributed by atoms with E-state index in [0.29, 0.717) is 0 Å². The molecule has 0 aromatic rings. The average molecular weight is 394 g/mol. The molecular formula is C4H12BSi2Y3. The minimum Gasteiger partial charge on any atom is -0.0802 e. The maximum absolute atomic E-state index is 2.48. The van der Waals surface area contributed by atoms with Gasteiger partial charge >= 0.3 is 0 Å². The number of rotatable bonds is 2. The van der Waals surface area contributed by atoms with Gasteiger partial charge in [0.1, 0.15) is 0 Å². The van der Waals surface area contributed by atoms with Gasteiger partial charge in [-0.05, 0) is 9.39 Å². The van der Waals surface area contributed by atoms with Crippen molar-refractivity contribution in [1.82, 2.24) is 0 Å². The minimum atomic E-state index is -0.770. The number of hydrogen-bond donors (Lipinski definition) is 0. The quantitative estimate of drug-likeness (QED) is 0.618. The van der Waals surface area contributed by atoms with E-state index in [1.807, 2.05) is 0 Å². The zero-order valence-electron chi connectivity index (χ0n) is 7.31. The van der Waals surface area contributed by atoms with Crippen molar-refractivity contribution >= 4 is 23.8 Å². The van der Waals surface area contributed by atoms with Crippen molar-refractivity contribution in [2.75, 3.05) is 0 Å². The van der Waals surface area contributed by atoms with E-state index in [0.717, 1.165) is 9.39 Å². The van der Waals surface area contributed by atoms with E-state index in [4.69, 9.17) is 0 Å². The molecule has 0 rings (SSSR count). The van der Waals surface area contributed by atoms with E-state index in [9.17, 15) is 0 Å². The summed E-state index contributed by atoms with van der Waals surface area (Å²) in [7, 11) is 0.276. The molecule has 0 nitrogen and oxygen atoms in total. The molecule has 0 atom stereocenters. The summed E-state index contributed by atoms with van der Waals surface area (Å²) in [5.41, 5.74) is 0. The molecule has 0 aliphatic carbocycles. The zero-order chi connectivity index (χ0) is 5.91. The van der Waals surface area contributed by atoms with E-state index in [1.54, 1.807) is 0 Å². The molecule has 10 heavy (non-hydrogen) atoms. The first-order valence-corrected chi connectivity index (χ1v) is 7.73. The topological polar surface area (TPSA) is 0 Å². The second kappa shape index (κ2) is 12.8. The molecule has 0 amide bonds. The summed E-state index contributed by atoms with van der Waals surface area (Å²) in [6.07, 6.45) is 0. The van der Waals surface area contributed by atoms with Crippen molar-refractivity contribution < 1.29 is 98.1 Å². The Morgan fingerprint density at radius 3 is 1.30 bits per heavy atom. The van der Waals surface area contributed by atoms with Gasteiger partial charge in [0.15, 0.2) is 0 Å². The fraction of sp³-hybridized carbons (Fsp3) is 1.00. The molecule has 0 aromatic carbocycles. The van der Waals surface area contributed by atoms with Crippen molar-refractivity contribution in [2.24, 2.45) is 0 Å². The second-order valence-corrected chi connectivity index (χ2v) is 9.26. The first kappa shape index (κ1) is 23.5. The van der Waals surface area contributed by atoms with Crippen LogP contribution in [0.15, 0.2) is 0 Å². The van der Waals surface area contributed by atoms with Gasteiger partial charge in [-0.1, -0.05) is 26.2 Å². The van der Waals surface area contributed by atoms with Crippen molar-refractivity contribution in [1.29, 1.82) is 0 Å². The zero-order valence-corrected chi connectivity index (χ0v) is 17.8. The van der Waals surface area contributed by atoms with Gasteiger partial charge in [0.25, 0.3) is 0 Å². The maximum atomic E-state index is 2.48. The fourth-order valence-electron chi connectivity index (χ4n) is 0.433. The third-order valence-electron chi connectivity index (χ3n) is 0.577. The summed E-state index contributed by atoms with van der Waals surface area (Å²) in [6, 6.07) is 0. The molecular weight excluding hydrogens is 382 g/mol. The van der Waals surface area contributed by atoms with Gasteiger partial charge in [-0.3, -0.25) is 0 Å². The normalized spacial score (nSPS) is 8.00. The Labute approximate surface area is 145 Å². The third-order valence-corrected chi connectivity index (χ3v) is 5.20. The van der Waals surface area contributed by atoms with Crippen LogP contribution in [0.3, 0.4) is 0 Å². The summed E-state index contributed by atoms with van der Waals surface area (Å²) < 4.78 is 0. The smallest absolute Gasteiger partial charge is 0.0802 e. The van der Waals surface area contributed by atoms with Gasteiger partial charge in [-0.25, -0.2) is 0 Å². The average Bonchev–Trinajstić information content (AvgIpc) is 1.30. The maximum Gasteiger partial charge on any atom is 0.0900 e. The SMILES string of the molecule is C[Si][B][Si](C)(C)C.[Y].[Y].[Y]. The van der Waals surface area contributed by atoms with Crippen LogP contribution in [0.1, 0.15) is 0 Å². The molecule has 0 fully saturated rings. The molecule has 0 saturated carbocycles. The second-order valence-electron chi connectivity index (χ2n) is 2.80. The molecule has 6 radical (unpaired) electrons. The van der Waals surface area contributed by atoms with Gasteiger partial charge in [0.05, 0.1) is 6.46 Å². The first-order valence-electron chi connectivity index (χ1n) is 2.58. The molecule has 0 spiro atoms. The van der Waals surface area contributed by atoms with Gasteiger partial charge in [0, 0.05) is 106 Å². The van der Waals surface area contributed by atoms with E-state index in [1.165, 1.54) is 0 Å². The van der Waals surface area contributed by atoms with Gasteiger partial charge in [-0.2, -0.15) is 0 Å². The van der Waals surface area contributed by atoms with E-state index in [2.05, 4.69) is 32.7 Å². The minimum absolute atomic E-state index is 0. The first-order chi connectivity index (χ1) is 3.06. The predicted octanol–water partition coefficient (Wildman–Crippen LogP) is 1.19. The molecule has 48 valence electrons. The van der Waals surface area contributed by atoms with Crippen LogP contribution in [-0.2, 0) is 98.1 Å². The largest absolute Gasteiger partial charge is 0.0900 e. The van der Waals surface area contributed by atoms with Crippen LogP contribution >= 0.6 is 0 Å². The molecule has 6 heteroatoms. The van der Waals surface area contributed by atoms with Crippen LogP contribution in [0.5, 0.6) is 0 Å². The monoisotopic (exact) mass is 394 g/mol. The Hall–Kier alpha value is 3.81. The van der Waals surface area contributed by atoms with Crippen LogP contribution < -0.4 is 0 Å². The Morgan fingerprint density at radius 2 is 1.30 bits per heavy atom. The summed E-state index contributed by atoms with van der Waals surface area (Å²) in [6.45, 7) is 11.8. The van der Waals surface area contributed by atoms with Crippen LogP contribution in [0.25, 0.3) is 0 Å². The Bertz CT molecular complexity index is 57.0. The van der Waals surface area contributed by atoms with Crippen molar-refractivity contribution in [3.05, 3.63) is 0 Å². The molecule has 0 unspecified atom stereocenters.